The fourth-order valence-corrected chi connectivity index (χ4v) is 4.49. The Morgan fingerprint density at radius 1 is 0.500 bits per heavy atom. The van der Waals surface area contributed by atoms with Crippen LogP contribution < -0.4 is 0 Å². The molecule has 4 aliphatic rings. The normalized spacial score (nSPS) is 25.5. The maximum atomic E-state index is 6.38. The van der Waals surface area contributed by atoms with E-state index in [9.17, 15) is 0 Å². The maximum Gasteiger partial charge on any atom is 0.219 e. The number of benzene rings is 2. The fraction of sp³-hybridized carbons (Fsp3) is 0.571. The van der Waals surface area contributed by atoms with Gasteiger partial charge in [-0.25, -0.2) is 0 Å². The third-order valence-corrected chi connectivity index (χ3v) is 6.77. The van der Waals surface area contributed by atoms with Gasteiger partial charge in [0, 0.05) is 22.0 Å². The zero-order valence-corrected chi connectivity index (χ0v) is 20.7. The van der Waals surface area contributed by atoms with Crippen LogP contribution in [-0.4, -0.2) is 39.6 Å². The second-order valence-corrected chi connectivity index (χ2v) is 11.3. The topological polar surface area (TPSA) is 55.4 Å². The summed E-state index contributed by atoms with van der Waals surface area (Å²) in [5, 5.41) is 0. The average molecular weight is 469 g/mol. The van der Waals surface area contributed by atoms with Gasteiger partial charge < -0.3 is 28.4 Å². The Labute approximate surface area is 202 Å². The molecule has 0 saturated carbocycles. The number of rotatable bonds is 0. The van der Waals surface area contributed by atoms with Crippen LogP contribution in [0.3, 0.4) is 0 Å². The first-order valence-electron chi connectivity index (χ1n) is 12.1. The van der Waals surface area contributed by atoms with E-state index in [1.807, 2.05) is 36.4 Å². The smallest absolute Gasteiger partial charge is 0.219 e. The minimum absolute atomic E-state index is 0.0468. The van der Waals surface area contributed by atoms with Gasteiger partial charge in [0.15, 0.2) is 0 Å². The van der Waals surface area contributed by atoms with E-state index in [-0.39, 0.29) is 10.8 Å². The quantitative estimate of drug-likeness (QED) is 0.549. The third kappa shape index (κ3) is 4.81. The first-order valence-corrected chi connectivity index (χ1v) is 12.1. The highest BCUT2D eigenvalue weighted by atomic mass is 16.7. The molecule has 6 heteroatoms. The zero-order valence-electron chi connectivity index (χ0n) is 20.7. The summed E-state index contributed by atoms with van der Waals surface area (Å²) < 4.78 is 37.9. The molecule has 0 aliphatic carbocycles. The van der Waals surface area contributed by atoms with Crippen molar-refractivity contribution in [3.63, 3.8) is 0 Å². The summed E-state index contributed by atoms with van der Waals surface area (Å²) in [5.41, 5.74) is 3.92. The highest BCUT2D eigenvalue weighted by Gasteiger charge is 2.45. The van der Waals surface area contributed by atoms with Gasteiger partial charge in [0.05, 0.1) is 39.6 Å². The Bertz CT molecular complexity index is 896. The highest BCUT2D eigenvalue weighted by Crippen LogP contribution is 2.41. The minimum atomic E-state index is -0.951. The third-order valence-electron chi connectivity index (χ3n) is 6.77. The number of ether oxygens (including phenoxy) is 6. The van der Waals surface area contributed by atoms with Crippen LogP contribution in [0.15, 0.2) is 48.5 Å². The van der Waals surface area contributed by atoms with E-state index in [4.69, 9.17) is 28.4 Å². The monoisotopic (exact) mass is 468 g/mol. The predicted octanol–water partition coefficient (Wildman–Crippen LogP) is 4.89. The lowest BCUT2D eigenvalue weighted by atomic mass is 9.92. The molecule has 0 unspecified atom stereocenters. The largest absolute Gasteiger partial charge is 0.371 e. The van der Waals surface area contributed by atoms with Gasteiger partial charge in [-0.2, -0.15) is 0 Å². The van der Waals surface area contributed by atoms with Crippen molar-refractivity contribution in [3.8, 4) is 0 Å². The van der Waals surface area contributed by atoms with Crippen molar-refractivity contribution in [1.29, 1.82) is 0 Å². The Kier molecular flexibility index (Phi) is 6.34. The van der Waals surface area contributed by atoms with Gasteiger partial charge in [-0.05, 0) is 11.1 Å². The first-order chi connectivity index (χ1) is 16.2. The molecule has 2 fully saturated rings. The summed E-state index contributed by atoms with van der Waals surface area (Å²) >= 11 is 0. The maximum absolute atomic E-state index is 6.38. The fourth-order valence-electron chi connectivity index (χ4n) is 4.49. The molecule has 6 nitrogen and oxygen atoms in total. The van der Waals surface area contributed by atoms with Gasteiger partial charge in [0.2, 0.25) is 11.6 Å². The van der Waals surface area contributed by atoms with E-state index in [0.717, 1.165) is 22.3 Å². The van der Waals surface area contributed by atoms with E-state index < -0.39 is 11.6 Å². The lowest BCUT2D eigenvalue weighted by Gasteiger charge is -2.45. The van der Waals surface area contributed by atoms with Gasteiger partial charge >= 0.3 is 0 Å². The van der Waals surface area contributed by atoms with E-state index >= 15 is 0 Å². The van der Waals surface area contributed by atoms with Crippen molar-refractivity contribution in [3.05, 3.63) is 70.8 Å². The molecule has 4 aliphatic heterocycles. The van der Waals surface area contributed by atoms with E-state index in [1.54, 1.807) is 0 Å². The van der Waals surface area contributed by atoms with Crippen molar-refractivity contribution in [2.45, 2.75) is 52.5 Å². The number of fused-ring (bicyclic) bond motifs is 6. The second kappa shape index (κ2) is 9.01. The van der Waals surface area contributed by atoms with Crippen molar-refractivity contribution < 1.29 is 28.4 Å². The van der Waals surface area contributed by atoms with Gasteiger partial charge in [-0.1, -0.05) is 76.2 Å². The van der Waals surface area contributed by atoms with E-state index in [0.29, 0.717) is 52.9 Å². The van der Waals surface area contributed by atoms with Gasteiger partial charge in [0.1, 0.15) is 13.2 Å². The molecular formula is C28H36O6. The number of hydrogen-bond acceptors (Lipinski definition) is 6. The first kappa shape index (κ1) is 23.9. The SMILES string of the molecule is CC1(C)COC2(COCc3ccccc3COCC3(OCC(C)(C)CO3)c3ccc2cc3)OC1. The Morgan fingerprint density at radius 3 is 1.21 bits per heavy atom. The lowest BCUT2D eigenvalue weighted by Crippen LogP contribution is -2.49. The summed E-state index contributed by atoms with van der Waals surface area (Å²) in [5.74, 6) is -1.90. The van der Waals surface area contributed by atoms with Crippen molar-refractivity contribution in [2.24, 2.45) is 10.8 Å². The van der Waals surface area contributed by atoms with Crippen molar-refractivity contribution >= 4 is 0 Å². The molecular weight excluding hydrogens is 432 g/mol. The molecule has 184 valence electrons. The molecule has 6 rings (SSSR count). The average Bonchev–Trinajstić information content (AvgIpc) is 2.82. The molecule has 0 amide bonds. The molecule has 2 spiro atoms. The lowest BCUT2D eigenvalue weighted by molar-refractivity contribution is -0.327. The number of hydrogen-bond donors (Lipinski definition) is 0. The molecule has 34 heavy (non-hydrogen) atoms. The van der Waals surface area contributed by atoms with Crippen LogP contribution >= 0.6 is 0 Å². The summed E-state index contributed by atoms with van der Waals surface area (Å²) in [6.07, 6.45) is 0. The second-order valence-electron chi connectivity index (χ2n) is 11.3. The molecule has 2 saturated heterocycles. The zero-order chi connectivity index (χ0) is 23.9. The van der Waals surface area contributed by atoms with E-state index in [2.05, 4.69) is 39.8 Å². The summed E-state index contributed by atoms with van der Waals surface area (Å²) in [4.78, 5) is 0. The van der Waals surface area contributed by atoms with Gasteiger partial charge in [-0.3, -0.25) is 0 Å². The summed E-state index contributed by atoms with van der Waals surface area (Å²) in [6.45, 7) is 12.4. The molecule has 2 bridgehead atoms. The molecule has 0 radical (unpaired) electrons. The molecule has 2 aromatic rings. The Balaban J connectivity index is 1.51. The highest BCUT2D eigenvalue weighted by molar-refractivity contribution is 5.30. The summed E-state index contributed by atoms with van der Waals surface area (Å²) in [6, 6.07) is 16.3. The van der Waals surface area contributed by atoms with Crippen LogP contribution in [-0.2, 0) is 53.2 Å². The van der Waals surface area contributed by atoms with E-state index in [1.165, 1.54) is 0 Å². The Morgan fingerprint density at radius 2 is 0.853 bits per heavy atom. The standard InChI is InChI=1S/C28H36O6/c1-25(2)15-31-27(32-16-25)19-29-13-21-7-5-6-8-22(21)14-30-20-28(24-11-9-23(27)10-12-24)33-17-26(3,4)18-34-28/h5-12H,13-20H2,1-4H3. The van der Waals surface area contributed by atoms with Gasteiger partial charge in [0.25, 0.3) is 0 Å². The van der Waals surface area contributed by atoms with Crippen LogP contribution in [0.2, 0.25) is 0 Å². The molecule has 0 aromatic heterocycles. The molecule has 0 atom stereocenters. The van der Waals surface area contributed by atoms with Crippen LogP contribution in [0.5, 0.6) is 0 Å². The predicted molar refractivity (Wildman–Crippen MR) is 127 cm³/mol. The van der Waals surface area contributed by atoms with Crippen LogP contribution in [0.1, 0.15) is 49.9 Å². The molecule has 0 N–H and O–H groups in total. The Hall–Kier alpha value is -1.80. The van der Waals surface area contributed by atoms with Crippen LogP contribution in [0, 0.1) is 10.8 Å². The summed E-state index contributed by atoms with van der Waals surface area (Å²) in [7, 11) is 0. The van der Waals surface area contributed by atoms with Gasteiger partial charge in [-0.15, -0.1) is 0 Å². The van der Waals surface area contributed by atoms with Crippen LogP contribution in [0.4, 0.5) is 0 Å². The van der Waals surface area contributed by atoms with Crippen molar-refractivity contribution in [1.82, 2.24) is 0 Å². The molecule has 4 heterocycles. The van der Waals surface area contributed by atoms with Crippen LogP contribution in [0.25, 0.3) is 0 Å². The van der Waals surface area contributed by atoms with Crippen molar-refractivity contribution in [2.75, 3.05) is 39.6 Å². The minimum Gasteiger partial charge on any atom is -0.371 e. The molecule has 2 aromatic carbocycles.